The van der Waals surface area contributed by atoms with Crippen molar-refractivity contribution in [3.8, 4) is 0 Å². The van der Waals surface area contributed by atoms with Gasteiger partial charge in [-0.15, -0.1) is 11.3 Å². The van der Waals surface area contributed by atoms with Gasteiger partial charge in [0.2, 0.25) is 0 Å². The molecule has 2 rings (SSSR count). The smallest absolute Gasteiger partial charge is 0.0406 e. The Labute approximate surface area is 117 Å². The van der Waals surface area contributed by atoms with E-state index in [4.69, 9.17) is 11.6 Å². The molecule has 0 atom stereocenters. The van der Waals surface area contributed by atoms with Crippen molar-refractivity contribution in [2.45, 2.75) is 11.5 Å². The molecule has 1 heterocycles. The molecule has 4 heteroatoms. The summed E-state index contributed by atoms with van der Waals surface area (Å²) in [6.07, 6.45) is 0. The molecule has 0 N–H and O–H groups in total. The van der Waals surface area contributed by atoms with Crippen LogP contribution in [0.25, 0.3) is 0 Å². The van der Waals surface area contributed by atoms with Crippen molar-refractivity contribution >= 4 is 50.6 Å². The molecule has 0 saturated heterocycles. The second-order valence-corrected chi connectivity index (χ2v) is 6.68. The third-order valence-electron chi connectivity index (χ3n) is 2.05. The maximum Gasteiger partial charge on any atom is 0.0406 e. The van der Waals surface area contributed by atoms with E-state index in [0.29, 0.717) is 0 Å². The van der Waals surface area contributed by atoms with Crippen molar-refractivity contribution in [3.05, 3.63) is 55.6 Å². The minimum atomic E-state index is 0.802. The monoisotopic (exact) mass is 332 g/mol. The van der Waals surface area contributed by atoms with Crippen molar-refractivity contribution in [1.82, 2.24) is 0 Å². The molecule has 0 saturated carbocycles. The van der Waals surface area contributed by atoms with Crippen LogP contribution in [0, 0.1) is 0 Å². The Morgan fingerprint density at radius 2 is 1.94 bits per heavy atom. The Hall–Kier alpha value is 0.0400. The predicted molar refractivity (Wildman–Crippen MR) is 78.5 cm³/mol. The van der Waals surface area contributed by atoms with Crippen LogP contribution in [0.3, 0.4) is 0 Å². The molecule has 1 aromatic heterocycles. The number of thioether (sulfide) groups is 1. The SMILES string of the molecule is Clc1ccc(CSCc2cc(Br)cs2)cc1. The van der Waals surface area contributed by atoms with Crippen LogP contribution in [0.15, 0.2) is 40.2 Å². The van der Waals surface area contributed by atoms with E-state index >= 15 is 0 Å². The Morgan fingerprint density at radius 1 is 1.19 bits per heavy atom. The number of hydrogen-bond acceptors (Lipinski definition) is 2. The van der Waals surface area contributed by atoms with Crippen molar-refractivity contribution in [2.75, 3.05) is 0 Å². The lowest BCUT2D eigenvalue weighted by Crippen LogP contribution is -1.80. The molecule has 84 valence electrons. The molecule has 0 amide bonds. The highest BCUT2D eigenvalue weighted by Gasteiger charge is 1.99. The van der Waals surface area contributed by atoms with Gasteiger partial charge < -0.3 is 0 Å². The highest BCUT2D eigenvalue weighted by molar-refractivity contribution is 9.10. The summed E-state index contributed by atoms with van der Waals surface area (Å²) in [5, 5.41) is 2.92. The van der Waals surface area contributed by atoms with E-state index in [2.05, 4.69) is 39.5 Å². The number of benzene rings is 1. The molecule has 2 aromatic rings. The van der Waals surface area contributed by atoms with E-state index in [-0.39, 0.29) is 0 Å². The molecule has 0 spiro atoms. The average Bonchev–Trinajstić information content (AvgIpc) is 2.67. The van der Waals surface area contributed by atoms with E-state index in [1.54, 1.807) is 11.3 Å². The Kier molecular flexibility index (Phi) is 4.77. The summed E-state index contributed by atoms with van der Waals surface area (Å²) in [5.41, 5.74) is 1.32. The van der Waals surface area contributed by atoms with Gasteiger partial charge in [-0.1, -0.05) is 23.7 Å². The second-order valence-electron chi connectivity index (χ2n) is 3.35. The summed E-state index contributed by atoms with van der Waals surface area (Å²) in [5.74, 6) is 2.10. The predicted octanol–water partition coefficient (Wildman–Crippen LogP) is 5.60. The molecule has 0 unspecified atom stereocenters. The molecule has 0 radical (unpaired) electrons. The molecule has 0 aliphatic carbocycles. The van der Waals surface area contributed by atoms with Crippen molar-refractivity contribution in [3.63, 3.8) is 0 Å². The number of hydrogen-bond donors (Lipinski definition) is 0. The molecule has 0 fully saturated rings. The van der Waals surface area contributed by atoms with Gasteiger partial charge in [-0.3, -0.25) is 0 Å². The Morgan fingerprint density at radius 3 is 2.56 bits per heavy atom. The molecular formula is C12H10BrClS2. The van der Waals surface area contributed by atoms with E-state index in [9.17, 15) is 0 Å². The van der Waals surface area contributed by atoms with Crippen molar-refractivity contribution in [1.29, 1.82) is 0 Å². The quantitative estimate of drug-likeness (QED) is 0.702. The standard InChI is InChI=1S/C12H10BrClS2/c13-10-5-12(16-7-10)8-15-6-9-1-3-11(14)4-2-9/h1-5,7H,6,8H2. The average molecular weight is 334 g/mol. The molecule has 0 aliphatic heterocycles. The zero-order chi connectivity index (χ0) is 11.4. The third kappa shape index (κ3) is 3.81. The summed E-state index contributed by atoms with van der Waals surface area (Å²) in [7, 11) is 0. The van der Waals surface area contributed by atoms with Crippen molar-refractivity contribution < 1.29 is 0 Å². The van der Waals surface area contributed by atoms with Gasteiger partial charge in [0, 0.05) is 31.3 Å². The minimum absolute atomic E-state index is 0.802. The summed E-state index contributed by atoms with van der Waals surface area (Å²) >= 11 is 13.0. The fourth-order valence-electron chi connectivity index (χ4n) is 1.28. The van der Waals surface area contributed by atoms with Gasteiger partial charge in [-0.05, 0) is 39.7 Å². The lowest BCUT2D eigenvalue weighted by Gasteiger charge is -2.00. The first-order valence-electron chi connectivity index (χ1n) is 4.79. The number of halogens is 2. The Bertz CT molecular complexity index is 450. The Balaban J connectivity index is 1.82. The van der Waals surface area contributed by atoms with E-state index in [1.165, 1.54) is 14.9 Å². The molecular weight excluding hydrogens is 324 g/mol. The molecule has 0 bridgehead atoms. The lowest BCUT2D eigenvalue weighted by molar-refractivity contribution is 1.39. The fraction of sp³-hybridized carbons (Fsp3) is 0.167. The van der Waals surface area contributed by atoms with Gasteiger partial charge >= 0.3 is 0 Å². The number of thiophene rings is 1. The van der Waals surface area contributed by atoms with Crippen LogP contribution in [-0.2, 0) is 11.5 Å². The third-order valence-corrected chi connectivity index (χ3v) is 5.23. The van der Waals surface area contributed by atoms with Gasteiger partial charge in [-0.25, -0.2) is 0 Å². The van der Waals surface area contributed by atoms with Gasteiger partial charge in [-0.2, -0.15) is 11.8 Å². The van der Waals surface area contributed by atoms with Gasteiger partial charge in [0.25, 0.3) is 0 Å². The molecule has 1 aromatic carbocycles. The summed E-state index contributed by atoms with van der Waals surface area (Å²) < 4.78 is 1.18. The van der Waals surface area contributed by atoms with Crippen LogP contribution in [0.4, 0.5) is 0 Å². The topological polar surface area (TPSA) is 0 Å². The fourth-order valence-corrected chi connectivity index (χ4v) is 3.98. The van der Waals surface area contributed by atoms with Crippen LogP contribution >= 0.6 is 50.6 Å². The van der Waals surface area contributed by atoms with Gasteiger partial charge in [0.05, 0.1) is 0 Å². The zero-order valence-corrected chi connectivity index (χ0v) is 12.4. The maximum atomic E-state index is 5.83. The minimum Gasteiger partial charge on any atom is -0.152 e. The van der Waals surface area contributed by atoms with Crippen LogP contribution in [0.5, 0.6) is 0 Å². The summed E-state index contributed by atoms with van der Waals surface area (Å²) in [6, 6.07) is 10.2. The van der Waals surface area contributed by atoms with Crippen LogP contribution in [0.2, 0.25) is 5.02 Å². The maximum absolute atomic E-state index is 5.83. The largest absolute Gasteiger partial charge is 0.152 e. The molecule has 0 nitrogen and oxygen atoms in total. The van der Waals surface area contributed by atoms with Crippen LogP contribution in [-0.4, -0.2) is 0 Å². The lowest BCUT2D eigenvalue weighted by atomic mass is 10.2. The second kappa shape index (κ2) is 6.10. The molecule has 16 heavy (non-hydrogen) atoms. The van der Waals surface area contributed by atoms with Crippen molar-refractivity contribution in [2.24, 2.45) is 0 Å². The summed E-state index contributed by atoms with van der Waals surface area (Å²) in [4.78, 5) is 1.41. The van der Waals surface area contributed by atoms with E-state index in [0.717, 1.165) is 16.5 Å². The first-order valence-corrected chi connectivity index (χ1v) is 7.99. The molecule has 0 aliphatic rings. The van der Waals surface area contributed by atoms with Gasteiger partial charge in [0.1, 0.15) is 0 Å². The van der Waals surface area contributed by atoms with Gasteiger partial charge in [0.15, 0.2) is 0 Å². The number of rotatable bonds is 4. The first-order chi connectivity index (χ1) is 7.74. The highest BCUT2D eigenvalue weighted by atomic mass is 79.9. The zero-order valence-electron chi connectivity index (χ0n) is 8.45. The van der Waals surface area contributed by atoms with E-state index < -0.39 is 0 Å². The normalized spacial score (nSPS) is 10.6. The summed E-state index contributed by atoms with van der Waals surface area (Å²) in [6.45, 7) is 0. The van der Waals surface area contributed by atoms with Crippen LogP contribution < -0.4 is 0 Å². The highest BCUT2D eigenvalue weighted by Crippen LogP contribution is 2.25. The van der Waals surface area contributed by atoms with E-state index in [1.807, 2.05) is 23.9 Å². The van der Waals surface area contributed by atoms with Crippen LogP contribution in [0.1, 0.15) is 10.4 Å². The first kappa shape index (κ1) is 12.5.